The third-order valence-corrected chi connectivity index (χ3v) is 4.59. The summed E-state index contributed by atoms with van der Waals surface area (Å²) in [5.41, 5.74) is 13.3. The number of thioether (sulfide) groups is 1. The highest BCUT2D eigenvalue weighted by Gasteiger charge is 2.16. The van der Waals surface area contributed by atoms with E-state index in [-0.39, 0.29) is 23.6 Å². The summed E-state index contributed by atoms with van der Waals surface area (Å²) in [5, 5.41) is 0.340. The molecule has 0 fully saturated rings. The van der Waals surface area contributed by atoms with Crippen molar-refractivity contribution in [2.24, 2.45) is 0 Å². The van der Waals surface area contributed by atoms with E-state index in [4.69, 9.17) is 11.5 Å². The van der Waals surface area contributed by atoms with E-state index in [1.54, 1.807) is 0 Å². The molecule has 0 spiro atoms. The molecule has 1 amide bonds. The lowest BCUT2D eigenvalue weighted by Crippen LogP contribution is -2.31. The highest BCUT2D eigenvalue weighted by atomic mass is 32.2. The fourth-order valence-corrected chi connectivity index (χ4v) is 3.26. The predicted octanol–water partition coefficient (Wildman–Crippen LogP) is 2.36. The maximum absolute atomic E-state index is 12.9. The van der Waals surface area contributed by atoms with Gasteiger partial charge in [0.1, 0.15) is 0 Å². The van der Waals surface area contributed by atoms with Crippen LogP contribution in [0.15, 0.2) is 65.8 Å². The van der Waals surface area contributed by atoms with Crippen molar-refractivity contribution in [3.63, 3.8) is 0 Å². The molecule has 1 aromatic heterocycles. The molecule has 0 aliphatic heterocycles. The molecule has 0 radical (unpaired) electrons. The van der Waals surface area contributed by atoms with Crippen LogP contribution >= 0.6 is 11.8 Å². The van der Waals surface area contributed by atoms with Crippen molar-refractivity contribution in [2.75, 3.05) is 17.2 Å². The van der Waals surface area contributed by atoms with Crippen molar-refractivity contribution in [1.82, 2.24) is 19.9 Å². The molecule has 4 N–H and O–H groups in total. The third-order valence-electron chi connectivity index (χ3n) is 3.76. The Labute approximate surface area is 161 Å². The van der Waals surface area contributed by atoms with Crippen molar-refractivity contribution >= 4 is 29.6 Å². The van der Waals surface area contributed by atoms with E-state index in [1.807, 2.05) is 65.6 Å². The molecule has 0 saturated carbocycles. The fraction of sp³-hybridized carbons (Fsp3) is 0.158. The molecule has 3 aromatic rings. The van der Waals surface area contributed by atoms with Crippen LogP contribution in [0, 0.1) is 0 Å². The monoisotopic (exact) mass is 380 g/mol. The number of benzene rings is 2. The number of carbonyl (C=O) groups excluding carboxylic acids is 1. The maximum Gasteiger partial charge on any atom is 0.233 e. The van der Waals surface area contributed by atoms with E-state index < -0.39 is 0 Å². The Morgan fingerprint density at radius 1 is 0.815 bits per heavy atom. The highest BCUT2D eigenvalue weighted by Crippen LogP contribution is 2.17. The van der Waals surface area contributed by atoms with Crippen LogP contribution < -0.4 is 11.5 Å². The van der Waals surface area contributed by atoms with Crippen LogP contribution in [0.2, 0.25) is 0 Å². The first-order chi connectivity index (χ1) is 13.1. The van der Waals surface area contributed by atoms with Gasteiger partial charge in [0.2, 0.25) is 17.8 Å². The van der Waals surface area contributed by atoms with Gasteiger partial charge in [-0.1, -0.05) is 72.4 Å². The first-order valence-corrected chi connectivity index (χ1v) is 9.34. The number of nitrogens with two attached hydrogens (primary N) is 2. The lowest BCUT2D eigenvalue weighted by molar-refractivity contribution is -0.129. The van der Waals surface area contributed by atoms with Crippen LogP contribution in [0.5, 0.6) is 0 Å². The zero-order chi connectivity index (χ0) is 19.1. The lowest BCUT2D eigenvalue weighted by atomic mass is 10.1. The Morgan fingerprint density at radius 2 is 1.30 bits per heavy atom. The SMILES string of the molecule is Nc1nc(N)nc(SCC(=O)N(Cc2ccccc2)Cc2ccccc2)n1. The molecule has 138 valence electrons. The van der Waals surface area contributed by atoms with Gasteiger partial charge in [-0.2, -0.15) is 15.0 Å². The minimum atomic E-state index is -0.0229. The number of anilines is 2. The second kappa shape index (κ2) is 9.00. The third kappa shape index (κ3) is 5.68. The number of hydrogen-bond donors (Lipinski definition) is 2. The summed E-state index contributed by atoms with van der Waals surface area (Å²) in [5.74, 6) is 0.249. The molecule has 2 aromatic carbocycles. The van der Waals surface area contributed by atoms with Gasteiger partial charge < -0.3 is 16.4 Å². The van der Waals surface area contributed by atoms with Gasteiger partial charge in [0.05, 0.1) is 5.75 Å². The number of rotatable bonds is 7. The summed E-state index contributed by atoms with van der Waals surface area (Å²) in [6.45, 7) is 1.05. The zero-order valence-corrected chi connectivity index (χ0v) is 15.5. The van der Waals surface area contributed by atoms with Crippen molar-refractivity contribution in [3.05, 3.63) is 71.8 Å². The predicted molar refractivity (Wildman–Crippen MR) is 107 cm³/mol. The van der Waals surface area contributed by atoms with Gasteiger partial charge in [0.25, 0.3) is 0 Å². The van der Waals surface area contributed by atoms with E-state index in [0.29, 0.717) is 18.2 Å². The van der Waals surface area contributed by atoms with Crippen molar-refractivity contribution in [1.29, 1.82) is 0 Å². The molecule has 8 heteroatoms. The summed E-state index contributed by atoms with van der Waals surface area (Å²) in [6, 6.07) is 19.8. The van der Waals surface area contributed by atoms with Crippen LogP contribution in [-0.4, -0.2) is 31.5 Å². The standard InChI is InChI=1S/C19H20N6OS/c20-17-22-18(21)24-19(23-17)27-13-16(26)25(11-14-7-3-1-4-8-14)12-15-9-5-2-6-10-15/h1-10H,11-13H2,(H4,20,21,22,23,24). The molecular formula is C19H20N6OS. The van der Waals surface area contributed by atoms with Gasteiger partial charge >= 0.3 is 0 Å². The van der Waals surface area contributed by atoms with E-state index >= 15 is 0 Å². The molecule has 1 heterocycles. The summed E-state index contributed by atoms with van der Waals surface area (Å²) in [6.07, 6.45) is 0. The number of amides is 1. The van der Waals surface area contributed by atoms with Gasteiger partial charge in [-0.05, 0) is 11.1 Å². The Hall–Kier alpha value is -3.13. The van der Waals surface area contributed by atoms with Crippen LogP contribution in [0.4, 0.5) is 11.9 Å². The zero-order valence-electron chi connectivity index (χ0n) is 14.7. The molecule has 0 unspecified atom stereocenters. The largest absolute Gasteiger partial charge is 0.368 e. The molecule has 3 rings (SSSR count). The number of carbonyl (C=O) groups is 1. The van der Waals surface area contributed by atoms with Gasteiger partial charge in [-0.25, -0.2) is 0 Å². The lowest BCUT2D eigenvalue weighted by Gasteiger charge is -2.23. The van der Waals surface area contributed by atoms with Gasteiger partial charge in [-0.15, -0.1) is 0 Å². The minimum Gasteiger partial charge on any atom is -0.368 e. The number of aromatic nitrogens is 3. The topological polar surface area (TPSA) is 111 Å². The van der Waals surface area contributed by atoms with Gasteiger partial charge in [0.15, 0.2) is 5.16 Å². The molecule has 0 saturated heterocycles. The van der Waals surface area contributed by atoms with E-state index in [2.05, 4.69) is 15.0 Å². The van der Waals surface area contributed by atoms with E-state index in [1.165, 1.54) is 11.8 Å². The van der Waals surface area contributed by atoms with Crippen molar-refractivity contribution in [2.45, 2.75) is 18.2 Å². The Morgan fingerprint density at radius 3 is 1.78 bits per heavy atom. The average molecular weight is 380 g/mol. The van der Waals surface area contributed by atoms with Crippen LogP contribution in [-0.2, 0) is 17.9 Å². The number of hydrogen-bond acceptors (Lipinski definition) is 7. The van der Waals surface area contributed by atoms with Crippen molar-refractivity contribution in [3.8, 4) is 0 Å². The molecule has 0 aliphatic rings. The van der Waals surface area contributed by atoms with Gasteiger partial charge in [-0.3, -0.25) is 4.79 Å². The van der Waals surface area contributed by atoms with Crippen molar-refractivity contribution < 1.29 is 4.79 Å². The molecule has 7 nitrogen and oxygen atoms in total. The van der Waals surface area contributed by atoms with Crippen LogP contribution in [0.3, 0.4) is 0 Å². The van der Waals surface area contributed by atoms with Crippen LogP contribution in [0.1, 0.15) is 11.1 Å². The average Bonchev–Trinajstić information content (AvgIpc) is 2.66. The Bertz CT molecular complexity index is 829. The van der Waals surface area contributed by atoms with Gasteiger partial charge in [0, 0.05) is 13.1 Å². The van der Waals surface area contributed by atoms with E-state index in [0.717, 1.165) is 11.1 Å². The normalized spacial score (nSPS) is 10.5. The Balaban J connectivity index is 1.71. The molecule has 27 heavy (non-hydrogen) atoms. The fourth-order valence-electron chi connectivity index (χ4n) is 2.51. The smallest absolute Gasteiger partial charge is 0.233 e. The molecular weight excluding hydrogens is 360 g/mol. The molecule has 0 bridgehead atoms. The van der Waals surface area contributed by atoms with Crippen LogP contribution in [0.25, 0.3) is 0 Å². The summed E-state index contributed by atoms with van der Waals surface area (Å²) in [4.78, 5) is 26.4. The summed E-state index contributed by atoms with van der Waals surface area (Å²) < 4.78 is 0. The second-order valence-corrected chi connectivity index (χ2v) is 6.79. The Kier molecular flexibility index (Phi) is 6.22. The summed E-state index contributed by atoms with van der Waals surface area (Å²) in [7, 11) is 0. The minimum absolute atomic E-state index is 0.0229. The molecule has 0 aliphatic carbocycles. The first kappa shape index (κ1) is 18.7. The highest BCUT2D eigenvalue weighted by molar-refractivity contribution is 7.99. The number of nitrogens with zero attached hydrogens (tertiary/aromatic N) is 4. The first-order valence-electron chi connectivity index (χ1n) is 8.35. The summed E-state index contributed by atoms with van der Waals surface area (Å²) >= 11 is 1.19. The number of nitrogen functional groups attached to an aromatic ring is 2. The molecule has 0 atom stereocenters. The maximum atomic E-state index is 12.9. The van der Waals surface area contributed by atoms with E-state index in [9.17, 15) is 4.79 Å². The second-order valence-electron chi connectivity index (χ2n) is 5.84. The quantitative estimate of drug-likeness (QED) is 0.605.